The fourth-order valence-electron chi connectivity index (χ4n) is 4.66. The Bertz CT molecular complexity index is 1380. The van der Waals surface area contributed by atoms with Gasteiger partial charge < -0.3 is 5.32 Å². The maximum absolute atomic E-state index is 14.1. The van der Waals surface area contributed by atoms with Crippen LogP contribution in [0.3, 0.4) is 0 Å². The lowest BCUT2D eigenvalue weighted by molar-refractivity contribution is -0.117. The van der Waals surface area contributed by atoms with Crippen molar-refractivity contribution in [3.63, 3.8) is 0 Å². The van der Waals surface area contributed by atoms with Gasteiger partial charge in [-0.3, -0.25) is 19.2 Å². The van der Waals surface area contributed by atoms with Crippen molar-refractivity contribution >= 4 is 34.2 Å². The molecule has 1 N–H and O–H groups in total. The SMILES string of the molecule is Cc1cc(C(=O)N2c3ccccc3CCC2C(=O)Nc2ccccc2)c2c(C)nn(C)c2n1. The second-order valence-electron chi connectivity index (χ2n) is 8.43. The number of fused-ring (bicyclic) bond motifs is 2. The van der Waals surface area contributed by atoms with Crippen LogP contribution in [0.4, 0.5) is 11.4 Å². The Morgan fingerprint density at radius 1 is 1.03 bits per heavy atom. The largest absolute Gasteiger partial charge is 0.324 e. The summed E-state index contributed by atoms with van der Waals surface area (Å²) in [4.78, 5) is 33.8. The second-order valence-corrected chi connectivity index (χ2v) is 8.43. The lowest BCUT2D eigenvalue weighted by Gasteiger charge is -2.36. The number of amides is 2. The Labute approximate surface area is 192 Å². The van der Waals surface area contributed by atoms with Gasteiger partial charge in [0.25, 0.3) is 5.91 Å². The molecule has 1 aliphatic rings. The van der Waals surface area contributed by atoms with Gasteiger partial charge in [-0.05, 0) is 56.5 Å². The molecule has 0 bridgehead atoms. The van der Waals surface area contributed by atoms with E-state index in [1.165, 1.54) is 0 Å². The van der Waals surface area contributed by atoms with Crippen LogP contribution in [0.25, 0.3) is 11.0 Å². The lowest BCUT2D eigenvalue weighted by Crippen LogP contribution is -2.50. The first-order valence-electron chi connectivity index (χ1n) is 11.0. The van der Waals surface area contributed by atoms with Gasteiger partial charge in [0.2, 0.25) is 5.91 Å². The van der Waals surface area contributed by atoms with Crippen molar-refractivity contribution < 1.29 is 9.59 Å². The number of hydrogen-bond acceptors (Lipinski definition) is 4. The van der Waals surface area contributed by atoms with Crippen molar-refractivity contribution in [1.29, 1.82) is 0 Å². The summed E-state index contributed by atoms with van der Waals surface area (Å²) in [5, 5.41) is 8.18. The molecule has 7 nitrogen and oxygen atoms in total. The molecule has 5 rings (SSSR count). The van der Waals surface area contributed by atoms with E-state index >= 15 is 0 Å². The molecule has 166 valence electrons. The number of para-hydroxylation sites is 2. The second kappa shape index (κ2) is 8.16. The highest BCUT2D eigenvalue weighted by Crippen LogP contribution is 2.34. The summed E-state index contributed by atoms with van der Waals surface area (Å²) in [7, 11) is 1.82. The molecule has 0 spiro atoms. The maximum atomic E-state index is 14.1. The Morgan fingerprint density at radius 2 is 1.76 bits per heavy atom. The number of pyridine rings is 1. The fourth-order valence-corrected chi connectivity index (χ4v) is 4.66. The van der Waals surface area contributed by atoms with Gasteiger partial charge in [-0.2, -0.15) is 5.10 Å². The summed E-state index contributed by atoms with van der Waals surface area (Å²) in [6.07, 6.45) is 1.27. The fraction of sp³-hybridized carbons (Fsp3) is 0.231. The average Bonchev–Trinajstić information content (AvgIpc) is 3.10. The number of benzene rings is 2. The summed E-state index contributed by atoms with van der Waals surface area (Å²) >= 11 is 0. The molecule has 4 aromatic rings. The summed E-state index contributed by atoms with van der Waals surface area (Å²) in [6.45, 7) is 3.74. The molecular formula is C26H25N5O2. The molecule has 7 heteroatoms. The quantitative estimate of drug-likeness (QED) is 0.519. The van der Waals surface area contributed by atoms with E-state index in [0.29, 0.717) is 23.3 Å². The van der Waals surface area contributed by atoms with Crippen LogP contribution >= 0.6 is 0 Å². The van der Waals surface area contributed by atoms with E-state index in [2.05, 4.69) is 15.4 Å². The normalized spacial score (nSPS) is 15.4. The van der Waals surface area contributed by atoms with Crippen molar-refractivity contribution in [2.24, 2.45) is 7.05 Å². The summed E-state index contributed by atoms with van der Waals surface area (Å²) < 4.78 is 1.69. The number of nitrogens with one attached hydrogen (secondary N) is 1. The number of carbonyl (C=O) groups is 2. The highest BCUT2D eigenvalue weighted by molar-refractivity contribution is 6.17. The van der Waals surface area contributed by atoms with Gasteiger partial charge in [-0.25, -0.2) is 4.98 Å². The molecule has 1 unspecified atom stereocenters. The van der Waals surface area contributed by atoms with Gasteiger partial charge in [0, 0.05) is 24.1 Å². The van der Waals surface area contributed by atoms with Crippen LogP contribution in [-0.2, 0) is 18.3 Å². The zero-order valence-electron chi connectivity index (χ0n) is 18.9. The van der Waals surface area contributed by atoms with Gasteiger partial charge in [0.1, 0.15) is 6.04 Å². The van der Waals surface area contributed by atoms with Crippen molar-refractivity contribution in [2.45, 2.75) is 32.7 Å². The number of anilines is 2. The molecule has 2 aromatic carbocycles. The Morgan fingerprint density at radius 3 is 2.55 bits per heavy atom. The van der Waals surface area contributed by atoms with Crippen LogP contribution in [0, 0.1) is 13.8 Å². The van der Waals surface area contributed by atoms with Gasteiger partial charge in [0.15, 0.2) is 5.65 Å². The van der Waals surface area contributed by atoms with Crippen molar-refractivity contribution in [3.05, 3.63) is 83.2 Å². The first-order chi connectivity index (χ1) is 15.9. The highest BCUT2D eigenvalue weighted by atomic mass is 16.2. The Hall–Kier alpha value is -4.00. The van der Waals surface area contributed by atoms with Crippen LogP contribution in [0.5, 0.6) is 0 Å². The smallest absolute Gasteiger partial charge is 0.259 e. The number of hydrogen-bond donors (Lipinski definition) is 1. The molecule has 1 aliphatic heterocycles. The van der Waals surface area contributed by atoms with Crippen LogP contribution < -0.4 is 10.2 Å². The molecule has 0 fully saturated rings. The molecule has 2 aromatic heterocycles. The summed E-state index contributed by atoms with van der Waals surface area (Å²) in [6, 6.07) is 18.3. The van der Waals surface area contributed by atoms with E-state index < -0.39 is 6.04 Å². The van der Waals surface area contributed by atoms with Crippen molar-refractivity contribution in [2.75, 3.05) is 10.2 Å². The number of nitrogens with zero attached hydrogens (tertiary/aromatic N) is 4. The van der Waals surface area contributed by atoms with E-state index in [1.54, 1.807) is 15.6 Å². The topological polar surface area (TPSA) is 80.1 Å². The number of aryl methyl sites for hydroxylation is 4. The Kier molecular flexibility index (Phi) is 5.17. The third-order valence-corrected chi connectivity index (χ3v) is 6.14. The third-order valence-electron chi connectivity index (χ3n) is 6.14. The first-order valence-corrected chi connectivity index (χ1v) is 11.0. The predicted molar refractivity (Wildman–Crippen MR) is 128 cm³/mol. The van der Waals surface area contributed by atoms with Crippen LogP contribution in [0.1, 0.15) is 33.7 Å². The highest BCUT2D eigenvalue weighted by Gasteiger charge is 2.37. The summed E-state index contributed by atoms with van der Waals surface area (Å²) in [5.41, 5.74) is 5.16. The number of carbonyl (C=O) groups excluding carboxylic acids is 2. The van der Waals surface area contributed by atoms with E-state index in [1.807, 2.05) is 75.5 Å². The van der Waals surface area contributed by atoms with E-state index in [4.69, 9.17) is 0 Å². The number of aromatic nitrogens is 3. The van der Waals surface area contributed by atoms with Gasteiger partial charge in [-0.1, -0.05) is 36.4 Å². The van der Waals surface area contributed by atoms with E-state index in [-0.39, 0.29) is 11.8 Å². The minimum atomic E-state index is -0.631. The Balaban J connectivity index is 1.62. The predicted octanol–water partition coefficient (Wildman–Crippen LogP) is 4.19. The molecule has 0 aliphatic carbocycles. The first kappa shape index (κ1) is 20.9. The minimum absolute atomic E-state index is 0.200. The lowest BCUT2D eigenvalue weighted by atomic mass is 9.93. The maximum Gasteiger partial charge on any atom is 0.259 e. The zero-order chi connectivity index (χ0) is 23.1. The standard InChI is InChI=1S/C26H25N5O2/c1-16-15-20(23-17(2)29-30(3)24(23)27-16)26(33)31-21-12-8-7-9-18(21)13-14-22(31)25(32)28-19-10-5-4-6-11-19/h4-12,15,22H,13-14H2,1-3H3,(H,28,32). The van der Waals surface area contributed by atoms with Crippen LogP contribution in [-0.4, -0.2) is 32.6 Å². The molecule has 33 heavy (non-hydrogen) atoms. The minimum Gasteiger partial charge on any atom is -0.324 e. The molecule has 0 saturated carbocycles. The zero-order valence-corrected chi connectivity index (χ0v) is 18.9. The van der Waals surface area contributed by atoms with Gasteiger partial charge in [-0.15, -0.1) is 0 Å². The average molecular weight is 440 g/mol. The van der Waals surface area contributed by atoms with Crippen molar-refractivity contribution in [1.82, 2.24) is 14.8 Å². The molecule has 1 atom stereocenters. The van der Waals surface area contributed by atoms with Crippen LogP contribution in [0.15, 0.2) is 60.7 Å². The third kappa shape index (κ3) is 3.65. The van der Waals surface area contributed by atoms with Gasteiger partial charge in [0.05, 0.1) is 16.6 Å². The number of rotatable bonds is 3. The molecular weight excluding hydrogens is 414 g/mol. The molecule has 0 radical (unpaired) electrons. The van der Waals surface area contributed by atoms with Crippen molar-refractivity contribution in [3.8, 4) is 0 Å². The van der Waals surface area contributed by atoms with Crippen LogP contribution in [0.2, 0.25) is 0 Å². The molecule has 3 heterocycles. The summed E-state index contributed by atoms with van der Waals surface area (Å²) in [5.74, 6) is -0.420. The van der Waals surface area contributed by atoms with E-state index in [0.717, 1.165) is 34.4 Å². The monoisotopic (exact) mass is 439 g/mol. The molecule has 0 saturated heterocycles. The van der Waals surface area contributed by atoms with E-state index in [9.17, 15) is 9.59 Å². The molecule has 2 amide bonds. The van der Waals surface area contributed by atoms with Gasteiger partial charge >= 0.3 is 0 Å².